The van der Waals surface area contributed by atoms with Crippen molar-refractivity contribution >= 4 is 56.5 Å². The second-order valence-corrected chi connectivity index (χ2v) is 10.4. The summed E-state index contributed by atoms with van der Waals surface area (Å²) in [6.07, 6.45) is 2.43. The number of carbonyl (C=O) groups excluding carboxylic acids is 3. The summed E-state index contributed by atoms with van der Waals surface area (Å²) >= 11 is 4.23. The van der Waals surface area contributed by atoms with Crippen LogP contribution >= 0.6 is 27.7 Å². The zero-order chi connectivity index (χ0) is 27.9. The summed E-state index contributed by atoms with van der Waals surface area (Å²) in [7, 11) is 0. The third-order valence-electron chi connectivity index (χ3n) is 5.78. The Labute approximate surface area is 238 Å². The summed E-state index contributed by atoms with van der Waals surface area (Å²) < 4.78 is 26.2. The van der Waals surface area contributed by atoms with E-state index in [9.17, 15) is 18.8 Å². The van der Waals surface area contributed by atoms with Crippen molar-refractivity contribution in [3.8, 4) is 11.5 Å². The molecule has 10 heteroatoms. The van der Waals surface area contributed by atoms with Gasteiger partial charge in [0, 0.05) is 11.3 Å². The van der Waals surface area contributed by atoms with Crippen LogP contribution in [0.2, 0.25) is 0 Å². The van der Waals surface area contributed by atoms with Crippen LogP contribution in [0, 0.1) is 5.82 Å². The monoisotopic (exact) mass is 612 g/mol. The molecule has 202 valence electrons. The van der Waals surface area contributed by atoms with Gasteiger partial charge < -0.3 is 14.8 Å². The van der Waals surface area contributed by atoms with E-state index in [1.807, 2.05) is 26.0 Å². The molecule has 4 rings (SSSR count). The zero-order valence-electron chi connectivity index (χ0n) is 21.3. The van der Waals surface area contributed by atoms with E-state index in [1.165, 1.54) is 6.07 Å². The van der Waals surface area contributed by atoms with Crippen molar-refractivity contribution in [2.24, 2.45) is 0 Å². The molecule has 0 atom stereocenters. The van der Waals surface area contributed by atoms with Crippen LogP contribution in [0.4, 0.5) is 14.9 Å². The zero-order valence-corrected chi connectivity index (χ0v) is 23.7. The second kappa shape index (κ2) is 12.9. The molecule has 0 aromatic heterocycles. The SMILES string of the molecule is CCOc1cc(/C=C2\SC(=O)N(CC(=O)Nc3ccc(CC)cc3)C2=O)cc(Br)c1OCc1ccccc1F. The highest BCUT2D eigenvalue weighted by molar-refractivity contribution is 9.10. The topological polar surface area (TPSA) is 84.9 Å². The molecule has 1 aliphatic rings. The highest BCUT2D eigenvalue weighted by Gasteiger charge is 2.36. The molecule has 1 aliphatic heterocycles. The maximum atomic E-state index is 14.0. The number of hydrogen-bond donors (Lipinski definition) is 1. The molecule has 0 radical (unpaired) electrons. The average Bonchev–Trinajstić information content (AvgIpc) is 3.17. The third-order valence-corrected chi connectivity index (χ3v) is 7.28. The summed E-state index contributed by atoms with van der Waals surface area (Å²) in [6, 6.07) is 17.1. The van der Waals surface area contributed by atoms with Crippen molar-refractivity contribution in [3.63, 3.8) is 0 Å². The highest BCUT2D eigenvalue weighted by atomic mass is 79.9. The fourth-order valence-electron chi connectivity index (χ4n) is 3.80. The van der Waals surface area contributed by atoms with Gasteiger partial charge in [-0.2, -0.15) is 0 Å². The standard InChI is InChI=1S/C29H26BrFN2O5S/c1-3-18-9-11-21(12-10-18)32-26(34)16-33-28(35)25(39-29(33)36)15-19-13-22(30)27(24(14-19)37-4-2)38-17-20-7-5-6-8-23(20)31/h5-15H,3-4,16-17H2,1-2H3,(H,32,34)/b25-15-. The minimum Gasteiger partial charge on any atom is -0.490 e. The van der Waals surface area contributed by atoms with Gasteiger partial charge in [0.05, 0.1) is 16.0 Å². The van der Waals surface area contributed by atoms with Crippen LogP contribution in [0.1, 0.15) is 30.5 Å². The fourth-order valence-corrected chi connectivity index (χ4v) is 5.21. The molecule has 7 nitrogen and oxygen atoms in total. The predicted molar refractivity (Wildman–Crippen MR) is 153 cm³/mol. The number of carbonyl (C=O) groups is 3. The Morgan fingerprint density at radius 3 is 2.51 bits per heavy atom. The van der Waals surface area contributed by atoms with Gasteiger partial charge in [0.15, 0.2) is 11.5 Å². The molecular weight excluding hydrogens is 587 g/mol. The first-order valence-electron chi connectivity index (χ1n) is 12.3. The second-order valence-electron chi connectivity index (χ2n) is 8.51. The van der Waals surface area contributed by atoms with Crippen molar-refractivity contribution in [2.45, 2.75) is 26.9 Å². The Bertz CT molecular complexity index is 1430. The molecule has 0 spiro atoms. The molecule has 1 heterocycles. The number of benzene rings is 3. The van der Waals surface area contributed by atoms with Crippen LogP contribution in [-0.4, -0.2) is 35.1 Å². The Kier molecular flexibility index (Phi) is 9.42. The largest absolute Gasteiger partial charge is 0.490 e. The molecule has 3 aromatic carbocycles. The number of anilines is 1. The van der Waals surface area contributed by atoms with Crippen molar-refractivity contribution in [1.29, 1.82) is 0 Å². The normalized spacial score (nSPS) is 14.2. The Balaban J connectivity index is 1.48. The van der Waals surface area contributed by atoms with Crippen molar-refractivity contribution < 1.29 is 28.2 Å². The molecule has 0 aliphatic carbocycles. The first-order valence-corrected chi connectivity index (χ1v) is 13.9. The summed E-state index contributed by atoms with van der Waals surface area (Å²) in [4.78, 5) is 39.1. The van der Waals surface area contributed by atoms with Crippen molar-refractivity contribution in [3.05, 3.63) is 92.5 Å². The predicted octanol–water partition coefficient (Wildman–Crippen LogP) is 6.80. The van der Waals surface area contributed by atoms with E-state index in [1.54, 1.807) is 48.5 Å². The minimum atomic E-state index is -0.560. The van der Waals surface area contributed by atoms with Crippen molar-refractivity contribution in [2.75, 3.05) is 18.5 Å². The van der Waals surface area contributed by atoms with E-state index >= 15 is 0 Å². The van der Waals surface area contributed by atoms with Gasteiger partial charge in [-0.15, -0.1) is 0 Å². The quantitative estimate of drug-likeness (QED) is 0.253. The van der Waals surface area contributed by atoms with E-state index in [0.717, 1.165) is 28.6 Å². The van der Waals surface area contributed by atoms with E-state index in [2.05, 4.69) is 21.2 Å². The van der Waals surface area contributed by atoms with Gasteiger partial charge in [0.2, 0.25) is 5.91 Å². The number of amides is 3. The van der Waals surface area contributed by atoms with E-state index < -0.39 is 23.6 Å². The molecular formula is C29H26BrFN2O5S. The minimum absolute atomic E-state index is 0.00556. The summed E-state index contributed by atoms with van der Waals surface area (Å²) in [5, 5.41) is 2.18. The lowest BCUT2D eigenvalue weighted by Gasteiger charge is -2.15. The van der Waals surface area contributed by atoms with E-state index in [4.69, 9.17) is 9.47 Å². The Morgan fingerprint density at radius 2 is 1.82 bits per heavy atom. The number of hydrogen-bond acceptors (Lipinski definition) is 6. The number of aryl methyl sites for hydroxylation is 1. The number of halogens is 2. The van der Waals surface area contributed by atoms with Gasteiger partial charge in [-0.3, -0.25) is 19.3 Å². The molecule has 1 saturated heterocycles. The first kappa shape index (κ1) is 28.4. The molecule has 0 bridgehead atoms. The van der Waals surface area contributed by atoms with Gasteiger partial charge in [0.25, 0.3) is 11.1 Å². The molecule has 3 aromatic rings. The van der Waals surface area contributed by atoms with Crippen LogP contribution in [0.5, 0.6) is 11.5 Å². The van der Waals surface area contributed by atoms with Gasteiger partial charge in [-0.25, -0.2) is 4.39 Å². The highest BCUT2D eigenvalue weighted by Crippen LogP contribution is 2.40. The number of thioether (sulfide) groups is 1. The maximum absolute atomic E-state index is 14.0. The van der Waals surface area contributed by atoms with Crippen LogP contribution < -0.4 is 14.8 Å². The number of nitrogens with one attached hydrogen (secondary N) is 1. The van der Waals surface area contributed by atoms with Crippen LogP contribution in [-0.2, 0) is 22.6 Å². The lowest BCUT2D eigenvalue weighted by Crippen LogP contribution is -2.36. The van der Waals surface area contributed by atoms with E-state index in [-0.39, 0.29) is 17.3 Å². The smallest absolute Gasteiger partial charge is 0.294 e. The molecule has 0 saturated carbocycles. The Hall–Kier alpha value is -3.63. The molecule has 39 heavy (non-hydrogen) atoms. The van der Waals surface area contributed by atoms with Gasteiger partial charge >= 0.3 is 0 Å². The van der Waals surface area contributed by atoms with Crippen LogP contribution in [0.25, 0.3) is 6.08 Å². The third kappa shape index (κ3) is 7.07. The molecule has 1 fully saturated rings. The summed E-state index contributed by atoms with van der Waals surface area (Å²) in [5.74, 6) is -0.630. The van der Waals surface area contributed by atoms with Crippen LogP contribution in [0.15, 0.2) is 70.0 Å². The van der Waals surface area contributed by atoms with Gasteiger partial charge in [0.1, 0.15) is 19.0 Å². The summed E-state index contributed by atoms with van der Waals surface area (Å²) in [5.41, 5.74) is 2.69. The molecule has 0 unspecified atom stereocenters. The molecule has 3 amide bonds. The average molecular weight is 614 g/mol. The fraction of sp³-hybridized carbons (Fsp3) is 0.207. The number of nitrogens with zero attached hydrogens (tertiary/aromatic N) is 1. The first-order chi connectivity index (χ1) is 18.8. The van der Waals surface area contributed by atoms with E-state index in [0.29, 0.717) is 39.4 Å². The molecule has 1 N–H and O–H groups in total. The summed E-state index contributed by atoms with van der Waals surface area (Å²) in [6.45, 7) is 3.80. The van der Waals surface area contributed by atoms with Gasteiger partial charge in [-0.05, 0) is 88.6 Å². The Morgan fingerprint density at radius 1 is 1.08 bits per heavy atom. The lowest BCUT2D eigenvalue weighted by molar-refractivity contribution is -0.127. The van der Waals surface area contributed by atoms with Crippen LogP contribution in [0.3, 0.4) is 0 Å². The number of ether oxygens (including phenoxy) is 2. The number of rotatable bonds is 10. The van der Waals surface area contributed by atoms with Gasteiger partial charge in [-0.1, -0.05) is 37.3 Å². The van der Waals surface area contributed by atoms with Crippen molar-refractivity contribution in [1.82, 2.24) is 4.90 Å². The maximum Gasteiger partial charge on any atom is 0.294 e. The number of imide groups is 1. The lowest BCUT2D eigenvalue weighted by atomic mass is 10.1.